The summed E-state index contributed by atoms with van der Waals surface area (Å²) in [7, 11) is -5.14. The normalized spacial score (nSPS) is 12.4. The first-order chi connectivity index (χ1) is 10.9. The minimum absolute atomic E-state index is 0.0252. The molecule has 24 heavy (non-hydrogen) atoms. The molecule has 0 radical (unpaired) electrons. The van der Waals surface area contributed by atoms with Crippen LogP contribution in [0.25, 0.3) is 11.0 Å². The van der Waals surface area contributed by atoms with Crippen molar-refractivity contribution < 1.29 is 30.7 Å². The van der Waals surface area contributed by atoms with Gasteiger partial charge in [-0.25, -0.2) is 4.98 Å². The van der Waals surface area contributed by atoms with E-state index in [0.717, 1.165) is 11.6 Å². The Balaban J connectivity index is 2.97. The molecule has 0 unspecified atom stereocenters. The van der Waals surface area contributed by atoms with Crippen LogP contribution in [0.3, 0.4) is 0 Å². The van der Waals surface area contributed by atoms with Crippen molar-refractivity contribution in [2.24, 2.45) is 7.05 Å². The summed E-state index contributed by atoms with van der Waals surface area (Å²) in [5, 5.41) is 11.1. The number of pyridine rings is 2. The van der Waals surface area contributed by atoms with Crippen molar-refractivity contribution in [2.75, 3.05) is 0 Å². The van der Waals surface area contributed by atoms with E-state index < -0.39 is 43.1 Å². The highest BCUT2D eigenvalue weighted by molar-refractivity contribution is 9.10. The lowest BCUT2D eigenvalue weighted by molar-refractivity contribution is -0.387. The Morgan fingerprint density at radius 1 is 1.38 bits per heavy atom. The highest BCUT2D eigenvalue weighted by Gasteiger charge is 2.50. The number of hydrogen-bond donors (Lipinski definition) is 0. The molecule has 2 heterocycles. The van der Waals surface area contributed by atoms with Gasteiger partial charge < -0.3 is 8.75 Å². The number of nitrogens with zero attached hydrogens (tertiary/aromatic N) is 3. The van der Waals surface area contributed by atoms with Gasteiger partial charge in [0.15, 0.2) is 0 Å². The molecule has 0 saturated carbocycles. The molecule has 0 aliphatic rings. The zero-order valence-corrected chi connectivity index (χ0v) is 13.8. The number of halogens is 4. The summed E-state index contributed by atoms with van der Waals surface area (Å²) in [6.45, 7) is 0. The van der Waals surface area contributed by atoms with Gasteiger partial charge in [-0.15, -0.1) is 0 Å². The monoisotopic (exact) mass is 431 g/mol. The highest BCUT2D eigenvalue weighted by atomic mass is 79.9. The number of rotatable bonds is 3. The van der Waals surface area contributed by atoms with Crippen molar-refractivity contribution in [3.63, 3.8) is 0 Å². The molecule has 0 amide bonds. The van der Waals surface area contributed by atoms with E-state index in [4.69, 9.17) is 0 Å². The highest BCUT2D eigenvalue weighted by Crippen LogP contribution is 2.36. The average Bonchev–Trinajstić information content (AvgIpc) is 2.42. The zero-order valence-electron chi connectivity index (χ0n) is 11.4. The van der Waals surface area contributed by atoms with E-state index >= 15 is 0 Å². The molecule has 0 aliphatic heterocycles. The van der Waals surface area contributed by atoms with Crippen LogP contribution in [-0.4, -0.2) is 28.4 Å². The van der Waals surface area contributed by atoms with Gasteiger partial charge in [-0.1, -0.05) is 0 Å². The molecular formula is C10H5BrF3N3O6S. The van der Waals surface area contributed by atoms with Gasteiger partial charge in [0, 0.05) is 7.05 Å². The molecule has 0 bridgehead atoms. The number of hydrogen-bond acceptors (Lipinski definition) is 7. The van der Waals surface area contributed by atoms with E-state index in [-0.39, 0.29) is 10.1 Å². The van der Waals surface area contributed by atoms with Crippen LogP contribution in [-0.2, 0) is 17.2 Å². The Kier molecular flexibility index (Phi) is 4.30. The molecule has 9 nitrogen and oxygen atoms in total. The first-order valence-corrected chi connectivity index (χ1v) is 7.91. The third-order valence-corrected chi connectivity index (χ3v) is 4.19. The van der Waals surface area contributed by atoms with Gasteiger partial charge in [0.05, 0.1) is 10.4 Å². The van der Waals surface area contributed by atoms with Crippen molar-refractivity contribution in [1.82, 2.24) is 9.55 Å². The molecule has 0 atom stereocenters. The number of aromatic nitrogens is 2. The van der Waals surface area contributed by atoms with Crippen molar-refractivity contribution >= 4 is 42.8 Å². The summed E-state index contributed by atoms with van der Waals surface area (Å²) < 4.78 is 64.6. The first-order valence-electron chi connectivity index (χ1n) is 5.71. The number of alkyl halides is 3. The molecule has 2 aromatic heterocycles. The summed E-state index contributed by atoms with van der Waals surface area (Å²) in [5.41, 5.74) is -9.46. The van der Waals surface area contributed by atoms with E-state index in [9.17, 15) is 36.5 Å². The Bertz CT molecular complexity index is 1020. The standard InChI is InChI=1S/C10H5BrF3N3O6S/c1-16-4-2-3-5(11)15-6(4)8(7(9(16)18)17(19)20)23-24(21,22)10(12,13)14/h2-3H,1H3. The van der Waals surface area contributed by atoms with Crippen molar-refractivity contribution in [1.29, 1.82) is 0 Å². The van der Waals surface area contributed by atoms with E-state index in [1.54, 1.807) is 0 Å². The Morgan fingerprint density at radius 2 is 1.96 bits per heavy atom. The van der Waals surface area contributed by atoms with Gasteiger partial charge in [-0.2, -0.15) is 21.6 Å². The summed E-state index contributed by atoms with van der Waals surface area (Å²) in [4.78, 5) is 25.4. The van der Waals surface area contributed by atoms with Gasteiger partial charge in [-0.05, 0) is 28.1 Å². The third-order valence-electron chi connectivity index (χ3n) is 2.80. The smallest absolute Gasteiger partial charge is 0.366 e. The van der Waals surface area contributed by atoms with Gasteiger partial charge in [0.25, 0.3) is 5.75 Å². The predicted octanol–water partition coefficient (Wildman–Crippen LogP) is 1.83. The summed E-state index contributed by atoms with van der Waals surface area (Å²) in [6.07, 6.45) is 0. The minimum atomic E-state index is -6.25. The molecular weight excluding hydrogens is 427 g/mol. The van der Waals surface area contributed by atoms with Crippen LogP contribution >= 0.6 is 15.9 Å². The lowest BCUT2D eigenvalue weighted by Crippen LogP contribution is -2.30. The molecule has 2 aromatic rings. The Labute approximate surface area is 139 Å². The lowest BCUT2D eigenvalue weighted by Gasteiger charge is -2.12. The van der Waals surface area contributed by atoms with Crippen LogP contribution in [0, 0.1) is 10.1 Å². The fourth-order valence-electron chi connectivity index (χ4n) is 1.74. The molecule has 0 saturated heterocycles. The molecule has 0 aliphatic carbocycles. The maximum Gasteiger partial charge on any atom is 0.534 e. The second-order valence-corrected chi connectivity index (χ2v) is 6.63. The number of fused-ring (bicyclic) bond motifs is 1. The largest absolute Gasteiger partial charge is 0.534 e. The molecule has 2 rings (SSSR count). The predicted molar refractivity (Wildman–Crippen MR) is 76.9 cm³/mol. The topological polar surface area (TPSA) is 121 Å². The van der Waals surface area contributed by atoms with Crippen LogP contribution in [0.5, 0.6) is 5.75 Å². The van der Waals surface area contributed by atoms with Crippen molar-refractivity contribution in [3.8, 4) is 5.75 Å². The van der Waals surface area contributed by atoms with Crippen molar-refractivity contribution in [3.05, 3.63) is 37.2 Å². The second kappa shape index (κ2) is 5.70. The zero-order chi connectivity index (χ0) is 18.4. The molecule has 0 N–H and O–H groups in total. The quantitative estimate of drug-likeness (QED) is 0.239. The van der Waals surface area contributed by atoms with E-state index in [1.165, 1.54) is 12.1 Å². The van der Waals surface area contributed by atoms with Gasteiger partial charge in [0.1, 0.15) is 10.1 Å². The fraction of sp³-hybridized carbons (Fsp3) is 0.200. The van der Waals surface area contributed by atoms with Gasteiger partial charge >= 0.3 is 26.9 Å². The van der Waals surface area contributed by atoms with Crippen molar-refractivity contribution in [2.45, 2.75) is 5.51 Å². The minimum Gasteiger partial charge on any atom is -0.366 e. The summed E-state index contributed by atoms with van der Waals surface area (Å²) >= 11 is 2.89. The van der Waals surface area contributed by atoms with E-state index in [0.29, 0.717) is 0 Å². The molecule has 14 heteroatoms. The fourth-order valence-corrected chi connectivity index (χ4v) is 2.52. The number of aryl methyl sites for hydroxylation is 1. The first kappa shape index (κ1) is 18.1. The maximum absolute atomic E-state index is 12.5. The molecule has 130 valence electrons. The van der Waals surface area contributed by atoms with Crippen LogP contribution in [0.1, 0.15) is 0 Å². The number of nitro groups is 1. The Hall–Kier alpha value is -2.22. The van der Waals surface area contributed by atoms with Gasteiger partial charge in [0.2, 0.25) is 0 Å². The molecule has 0 aromatic carbocycles. The molecule has 0 fully saturated rings. The second-order valence-electron chi connectivity index (χ2n) is 4.28. The van der Waals surface area contributed by atoms with E-state index in [2.05, 4.69) is 25.1 Å². The lowest BCUT2D eigenvalue weighted by atomic mass is 10.2. The van der Waals surface area contributed by atoms with Gasteiger partial charge in [-0.3, -0.25) is 14.9 Å². The van der Waals surface area contributed by atoms with E-state index in [1.807, 2.05) is 0 Å². The Morgan fingerprint density at radius 3 is 2.46 bits per heavy atom. The summed E-state index contributed by atoms with van der Waals surface area (Å²) in [6, 6.07) is 2.50. The maximum atomic E-state index is 12.5. The molecule has 0 spiro atoms. The van der Waals surface area contributed by atoms with Crippen LogP contribution < -0.4 is 9.74 Å². The van der Waals surface area contributed by atoms with Crippen LogP contribution in [0.2, 0.25) is 0 Å². The SMILES string of the molecule is Cn1c(=O)c([N+](=O)[O-])c(OS(=O)(=O)C(F)(F)F)c2nc(Br)ccc21. The van der Waals surface area contributed by atoms with Crippen LogP contribution in [0.15, 0.2) is 21.5 Å². The third kappa shape index (κ3) is 2.93. The summed E-state index contributed by atoms with van der Waals surface area (Å²) in [5.74, 6) is -1.41. The average molecular weight is 432 g/mol. The van der Waals surface area contributed by atoms with Crippen LogP contribution in [0.4, 0.5) is 18.9 Å².